The zero-order valence-electron chi connectivity index (χ0n) is 27.7. The molecule has 16 heteroatoms. The average Bonchev–Trinajstić information content (AvgIpc) is 3.75. The number of phenolic OH excluding ortho intramolecular Hbond substituents is 1. The number of nitrogens with one attached hydrogen (secondary N) is 2. The van der Waals surface area contributed by atoms with Crippen molar-refractivity contribution < 1.29 is 41.0 Å². The molecule has 4 atom stereocenters. The molecule has 2 aromatic carbocycles. The Labute approximate surface area is 293 Å². The maximum Gasteiger partial charge on any atom is 0.405 e. The first-order valence-electron chi connectivity index (χ1n) is 17.0. The Bertz CT molecular complexity index is 2150. The summed E-state index contributed by atoms with van der Waals surface area (Å²) in [4.78, 5) is 30.9. The number of nitrogens with zero attached hydrogens (tertiary/aromatic N) is 5. The molecule has 0 aliphatic carbocycles. The number of amides is 1. The highest BCUT2D eigenvalue weighted by Gasteiger charge is 2.49. The quantitative estimate of drug-likeness (QED) is 0.179. The van der Waals surface area contributed by atoms with Gasteiger partial charge in [0, 0.05) is 49.1 Å². The van der Waals surface area contributed by atoms with Gasteiger partial charge < -0.3 is 25.4 Å². The van der Waals surface area contributed by atoms with Gasteiger partial charge in [-0.25, -0.2) is 18.2 Å². The molecule has 8 rings (SSSR count). The topological polar surface area (TPSA) is 116 Å². The third kappa shape index (κ3) is 5.99. The van der Waals surface area contributed by atoms with Gasteiger partial charge in [-0.15, -0.1) is 6.42 Å². The summed E-state index contributed by atoms with van der Waals surface area (Å²) < 4.78 is 93.1. The second-order valence-electron chi connectivity index (χ2n) is 14.0. The molecule has 52 heavy (non-hydrogen) atoms. The first kappa shape index (κ1) is 34.2. The molecule has 0 spiro atoms. The van der Waals surface area contributed by atoms with E-state index in [4.69, 9.17) is 11.2 Å². The number of terminal acetylenes is 1. The Balaban J connectivity index is 1.36. The molecule has 1 amide bonds. The Hall–Kier alpha value is -4.88. The van der Waals surface area contributed by atoms with Crippen LogP contribution in [0.25, 0.3) is 32.9 Å². The van der Waals surface area contributed by atoms with E-state index in [9.17, 15) is 27.5 Å². The number of phenols is 1. The van der Waals surface area contributed by atoms with Crippen LogP contribution in [0.1, 0.15) is 48.2 Å². The van der Waals surface area contributed by atoms with E-state index in [2.05, 4.69) is 26.2 Å². The summed E-state index contributed by atoms with van der Waals surface area (Å²) in [6, 6.07) is 4.49. The molecular weight excluding hydrogens is 692 g/mol. The fourth-order valence-electron chi connectivity index (χ4n) is 8.41. The Kier molecular flexibility index (Phi) is 8.33. The highest BCUT2D eigenvalue weighted by Crippen LogP contribution is 2.43. The second kappa shape index (κ2) is 12.7. The zero-order chi connectivity index (χ0) is 36.5. The third-order valence-electron chi connectivity index (χ3n) is 10.6. The fraction of sp³-hybridized carbons (Fsp3) is 0.444. The summed E-state index contributed by atoms with van der Waals surface area (Å²) in [6.45, 7) is -0.0288. The first-order chi connectivity index (χ1) is 24.8. The number of benzene rings is 2. The van der Waals surface area contributed by atoms with Gasteiger partial charge in [0.2, 0.25) is 0 Å². The van der Waals surface area contributed by atoms with Crippen molar-refractivity contribution in [2.75, 3.05) is 44.2 Å². The average molecular weight is 726 g/mol. The number of aromatic hydroxyl groups is 1. The van der Waals surface area contributed by atoms with Crippen molar-refractivity contribution in [3.05, 3.63) is 47.2 Å². The molecular formula is C36H33F6N7O3. The van der Waals surface area contributed by atoms with Crippen LogP contribution in [0.2, 0.25) is 0 Å². The molecule has 3 unspecified atom stereocenters. The van der Waals surface area contributed by atoms with Gasteiger partial charge in [0.25, 0.3) is 5.91 Å². The van der Waals surface area contributed by atoms with Crippen molar-refractivity contribution in [3.8, 4) is 35.4 Å². The highest BCUT2D eigenvalue weighted by molar-refractivity contribution is 6.11. The lowest BCUT2D eigenvalue weighted by atomic mass is 9.95. The van der Waals surface area contributed by atoms with Crippen LogP contribution < -0.4 is 20.3 Å². The maximum absolute atomic E-state index is 17.2. The molecule has 4 aromatic rings. The van der Waals surface area contributed by atoms with E-state index in [1.807, 2.05) is 10.2 Å². The van der Waals surface area contributed by atoms with Crippen LogP contribution in [0.15, 0.2) is 24.3 Å². The lowest BCUT2D eigenvalue weighted by molar-refractivity contribution is -0.123. The number of piperazine rings is 1. The molecule has 2 aromatic heterocycles. The van der Waals surface area contributed by atoms with Crippen molar-refractivity contribution >= 4 is 33.4 Å². The van der Waals surface area contributed by atoms with Gasteiger partial charge in [0.15, 0.2) is 5.82 Å². The summed E-state index contributed by atoms with van der Waals surface area (Å²) in [5.41, 5.74) is -2.89. The van der Waals surface area contributed by atoms with Crippen molar-refractivity contribution in [3.63, 3.8) is 0 Å². The number of pyridine rings is 1. The smallest absolute Gasteiger partial charge is 0.405 e. The monoisotopic (exact) mass is 725 g/mol. The van der Waals surface area contributed by atoms with E-state index in [-0.39, 0.29) is 76.5 Å². The van der Waals surface area contributed by atoms with Crippen molar-refractivity contribution in [2.24, 2.45) is 0 Å². The maximum atomic E-state index is 17.2. The molecule has 4 saturated heterocycles. The van der Waals surface area contributed by atoms with Crippen LogP contribution in [-0.2, 0) is 0 Å². The molecule has 0 radical (unpaired) electrons. The number of aromatic nitrogens is 3. The fourth-order valence-corrected chi connectivity index (χ4v) is 8.41. The summed E-state index contributed by atoms with van der Waals surface area (Å²) in [6.07, 6.45) is 3.23. The van der Waals surface area contributed by atoms with Crippen LogP contribution in [0, 0.1) is 24.0 Å². The number of halogens is 6. The van der Waals surface area contributed by atoms with E-state index in [0.29, 0.717) is 26.1 Å². The minimum atomic E-state index is -4.79. The minimum Gasteiger partial charge on any atom is -0.508 e. The van der Waals surface area contributed by atoms with Gasteiger partial charge in [-0.05, 0) is 55.8 Å². The normalized spacial score (nSPS) is 24.4. The predicted molar refractivity (Wildman–Crippen MR) is 179 cm³/mol. The van der Waals surface area contributed by atoms with Gasteiger partial charge >= 0.3 is 12.2 Å². The number of fused-ring (bicyclic) bond motifs is 5. The van der Waals surface area contributed by atoms with E-state index in [0.717, 1.165) is 31.4 Å². The Morgan fingerprint density at radius 2 is 1.88 bits per heavy atom. The van der Waals surface area contributed by atoms with Gasteiger partial charge in [-0.1, -0.05) is 12.0 Å². The van der Waals surface area contributed by atoms with Crippen LogP contribution >= 0.6 is 0 Å². The number of hydrogen-bond donors (Lipinski definition) is 3. The molecule has 2 bridgehead atoms. The summed E-state index contributed by atoms with van der Waals surface area (Å²) in [5.74, 6) is -1.38. The molecule has 4 aliphatic heterocycles. The largest absolute Gasteiger partial charge is 0.508 e. The number of alkyl halides is 4. The van der Waals surface area contributed by atoms with Gasteiger partial charge in [-0.3, -0.25) is 9.69 Å². The molecule has 4 fully saturated rings. The van der Waals surface area contributed by atoms with Crippen LogP contribution in [-0.4, -0.2) is 100 Å². The van der Waals surface area contributed by atoms with E-state index in [1.165, 1.54) is 12.1 Å². The molecule has 4 aliphatic rings. The number of carbonyl (C=O) groups is 1. The lowest BCUT2D eigenvalue weighted by Gasteiger charge is -2.35. The molecule has 6 heterocycles. The van der Waals surface area contributed by atoms with Crippen molar-refractivity contribution in [1.29, 1.82) is 0 Å². The minimum absolute atomic E-state index is 0.00827. The molecule has 0 saturated carbocycles. The number of rotatable bonds is 7. The van der Waals surface area contributed by atoms with Crippen LogP contribution in [0.3, 0.4) is 0 Å². The Morgan fingerprint density at radius 1 is 1.12 bits per heavy atom. The number of carbonyl (C=O) groups excluding carboxylic acids is 1. The third-order valence-corrected chi connectivity index (χ3v) is 10.6. The first-order valence-corrected chi connectivity index (χ1v) is 17.0. The van der Waals surface area contributed by atoms with Crippen molar-refractivity contribution in [2.45, 2.75) is 62.1 Å². The van der Waals surface area contributed by atoms with Crippen molar-refractivity contribution in [1.82, 2.24) is 30.5 Å². The zero-order valence-corrected chi connectivity index (χ0v) is 27.7. The molecule has 10 nitrogen and oxygen atoms in total. The molecule has 3 N–H and O–H groups in total. The predicted octanol–water partition coefficient (Wildman–Crippen LogP) is 5.00. The molecule has 272 valence electrons. The lowest BCUT2D eigenvalue weighted by Crippen LogP contribution is -2.51. The van der Waals surface area contributed by atoms with Crippen LogP contribution in [0.4, 0.5) is 32.2 Å². The van der Waals surface area contributed by atoms with Crippen LogP contribution in [0.5, 0.6) is 11.8 Å². The summed E-state index contributed by atoms with van der Waals surface area (Å²) in [7, 11) is 0. The second-order valence-corrected chi connectivity index (χ2v) is 14.0. The van der Waals surface area contributed by atoms with Gasteiger partial charge in [-0.2, -0.15) is 23.1 Å². The number of hydrogen-bond acceptors (Lipinski definition) is 9. The van der Waals surface area contributed by atoms with E-state index >= 15 is 8.78 Å². The SMILES string of the molecule is C#Cc1c(F)ccc2cc(O)cc(-c3nc(C(=O)NCC(F)(F)F)c4c(N5CC6CCC(C5)N6)nc(OCC56CCCN5C[C@H](F)C6)nc4c3F)c12. The summed E-state index contributed by atoms with van der Waals surface area (Å²) >= 11 is 0. The standard InChI is InChI=1S/C36H33F6N7O3/c1-2-23-25(38)7-4-18-10-22(50)11-24(26(18)23)29-28(39)30-27(31(45-29)33(51)43-16-36(40,41)42)32(48-14-20-5-6-21(15-48)44-20)47-34(46-30)52-17-35-8-3-9-49(35)13-19(37)12-35/h1,4,7,10-11,19-21,44,50H,3,5-6,8-9,12-17H2,(H,43,51)/t19-,20?,21?,35?/m1/s1. The summed E-state index contributed by atoms with van der Waals surface area (Å²) in [5, 5.41) is 15.9. The van der Waals surface area contributed by atoms with Gasteiger partial charge in [0.1, 0.15) is 53.6 Å². The van der Waals surface area contributed by atoms with E-state index < -0.39 is 58.9 Å². The number of anilines is 1. The Morgan fingerprint density at radius 3 is 2.62 bits per heavy atom. The van der Waals surface area contributed by atoms with Gasteiger partial charge in [0.05, 0.1) is 16.5 Å². The van der Waals surface area contributed by atoms with E-state index in [1.54, 1.807) is 4.90 Å². The highest BCUT2D eigenvalue weighted by atomic mass is 19.4. The number of ether oxygens (including phenoxy) is 1.